The Morgan fingerprint density at radius 2 is 2.21 bits per heavy atom. The fraction of sp³-hybridized carbons (Fsp3) is 0.562. The van der Waals surface area contributed by atoms with Gasteiger partial charge >= 0.3 is 12.6 Å². The van der Waals surface area contributed by atoms with Crippen molar-refractivity contribution >= 4 is 6.03 Å². The van der Waals surface area contributed by atoms with Gasteiger partial charge in [0.15, 0.2) is 0 Å². The Hall–Kier alpha value is -1.96. The zero-order chi connectivity index (χ0) is 17.5. The zero-order valence-corrected chi connectivity index (χ0v) is 13.2. The van der Waals surface area contributed by atoms with E-state index in [1.54, 1.807) is 4.90 Å². The van der Waals surface area contributed by atoms with Gasteiger partial charge in [0.2, 0.25) is 0 Å². The fourth-order valence-corrected chi connectivity index (χ4v) is 2.90. The minimum Gasteiger partial charge on any atom is -0.434 e. The summed E-state index contributed by atoms with van der Waals surface area (Å²) in [5.74, 6) is -1.02. The van der Waals surface area contributed by atoms with Crippen molar-refractivity contribution < 1.29 is 27.8 Å². The van der Waals surface area contributed by atoms with Crippen LogP contribution in [0.25, 0.3) is 0 Å². The SMILES string of the molecule is O=C(NCc1c(F)cccc1OC(F)F)N1CCCCC1CCO. The van der Waals surface area contributed by atoms with Crippen LogP contribution in [0.2, 0.25) is 0 Å². The number of nitrogens with one attached hydrogen (secondary N) is 1. The number of halogens is 3. The molecule has 1 fully saturated rings. The summed E-state index contributed by atoms with van der Waals surface area (Å²) >= 11 is 0. The molecule has 0 aromatic heterocycles. The van der Waals surface area contributed by atoms with Gasteiger partial charge in [0.1, 0.15) is 11.6 Å². The van der Waals surface area contributed by atoms with Crippen LogP contribution in [0.3, 0.4) is 0 Å². The Morgan fingerprint density at radius 3 is 2.92 bits per heavy atom. The number of hydrogen-bond acceptors (Lipinski definition) is 3. The fourth-order valence-electron chi connectivity index (χ4n) is 2.90. The van der Waals surface area contributed by atoms with Crippen molar-refractivity contribution in [2.75, 3.05) is 13.2 Å². The molecule has 24 heavy (non-hydrogen) atoms. The maximum atomic E-state index is 13.9. The van der Waals surface area contributed by atoms with Crippen LogP contribution in [0.5, 0.6) is 5.75 Å². The topological polar surface area (TPSA) is 61.8 Å². The molecule has 8 heteroatoms. The molecule has 1 heterocycles. The molecule has 2 amide bonds. The molecule has 0 aliphatic carbocycles. The normalized spacial score (nSPS) is 17.9. The van der Waals surface area contributed by atoms with Crippen molar-refractivity contribution in [1.29, 1.82) is 0 Å². The van der Waals surface area contributed by atoms with Crippen LogP contribution in [0.1, 0.15) is 31.2 Å². The zero-order valence-electron chi connectivity index (χ0n) is 13.2. The van der Waals surface area contributed by atoms with Crippen LogP contribution < -0.4 is 10.1 Å². The predicted octanol–water partition coefficient (Wildman–Crippen LogP) is 2.87. The van der Waals surface area contributed by atoms with E-state index in [-0.39, 0.29) is 30.5 Å². The lowest BCUT2D eigenvalue weighted by atomic mass is 10.0. The van der Waals surface area contributed by atoms with Gasteiger partial charge in [-0.2, -0.15) is 8.78 Å². The molecule has 0 saturated carbocycles. The van der Waals surface area contributed by atoms with E-state index in [1.165, 1.54) is 12.1 Å². The predicted molar refractivity (Wildman–Crippen MR) is 81.3 cm³/mol. The first-order valence-electron chi connectivity index (χ1n) is 7.90. The number of ether oxygens (including phenoxy) is 1. The molecule has 1 aliphatic heterocycles. The van der Waals surface area contributed by atoms with Crippen LogP contribution >= 0.6 is 0 Å². The molecule has 1 unspecified atom stereocenters. The van der Waals surface area contributed by atoms with Crippen molar-refractivity contribution in [2.45, 2.75) is 44.9 Å². The van der Waals surface area contributed by atoms with Crippen molar-refractivity contribution in [2.24, 2.45) is 0 Å². The molecule has 0 radical (unpaired) electrons. The summed E-state index contributed by atoms with van der Waals surface area (Å²) in [6, 6.07) is 3.14. The molecule has 134 valence electrons. The van der Waals surface area contributed by atoms with Crippen LogP contribution in [-0.4, -0.2) is 41.8 Å². The quantitative estimate of drug-likeness (QED) is 0.833. The number of urea groups is 1. The summed E-state index contributed by atoms with van der Waals surface area (Å²) in [6.07, 6.45) is 3.11. The largest absolute Gasteiger partial charge is 0.434 e. The van der Waals surface area contributed by atoms with E-state index in [0.29, 0.717) is 13.0 Å². The van der Waals surface area contributed by atoms with E-state index < -0.39 is 18.5 Å². The van der Waals surface area contributed by atoms with Gasteiger partial charge in [0, 0.05) is 24.8 Å². The average molecular weight is 346 g/mol. The Morgan fingerprint density at radius 1 is 1.42 bits per heavy atom. The second kappa shape index (κ2) is 8.77. The average Bonchev–Trinajstić information content (AvgIpc) is 2.54. The highest BCUT2D eigenvalue weighted by Crippen LogP contribution is 2.24. The third-order valence-corrected chi connectivity index (χ3v) is 4.06. The van der Waals surface area contributed by atoms with E-state index in [2.05, 4.69) is 10.1 Å². The Labute approximate surface area is 138 Å². The van der Waals surface area contributed by atoms with Crippen molar-refractivity contribution in [3.8, 4) is 5.75 Å². The van der Waals surface area contributed by atoms with E-state index in [4.69, 9.17) is 5.11 Å². The van der Waals surface area contributed by atoms with E-state index in [0.717, 1.165) is 25.3 Å². The molecule has 0 bridgehead atoms. The molecule has 0 spiro atoms. The molecule has 1 atom stereocenters. The monoisotopic (exact) mass is 346 g/mol. The molecule has 1 saturated heterocycles. The van der Waals surface area contributed by atoms with Gasteiger partial charge in [0.05, 0.1) is 6.54 Å². The van der Waals surface area contributed by atoms with E-state index in [1.807, 2.05) is 0 Å². The first-order valence-corrected chi connectivity index (χ1v) is 7.90. The third kappa shape index (κ3) is 4.77. The van der Waals surface area contributed by atoms with Gasteiger partial charge in [-0.1, -0.05) is 6.07 Å². The van der Waals surface area contributed by atoms with Gasteiger partial charge in [0.25, 0.3) is 0 Å². The highest BCUT2D eigenvalue weighted by molar-refractivity contribution is 5.74. The number of piperidine rings is 1. The third-order valence-electron chi connectivity index (χ3n) is 4.06. The summed E-state index contributed by atoms with van der Waals surface area (Å²) in [4.78, 5) is 13.9. The summed E-state index contributed by atoms with van der Waals surface area (Å²) < 4.78 is 42.9. The number of aliphatic hydroxyl groups excluding tert-OH is 1. The summed E-state index contributed by atoms with van der Waals surface area (Å²) in [6.45, 7) is -2.80. The first kappa shape index (κ1) is 18.4. The van der Waals surface area contributed by atoms with Crippen molar-refractivity contribution in [3.63, 3.8) is 0 Å². The lowest BCUT2D eigenvalue weighted by Gasteiger charge is -2.35. The summed E-state index contributed by atoms with van der Waals surface area (Å²) in [5, 5.41) is 11.6. The van der Waals surface area contributed by atoms with E-state index in [9.17, 15) is 18.0 Å². The highest BCUT2D eigenvalue weighted by atomic mass is 19.3. The first-order chi connectivity index (χ1) is 11.5. The Kier molecular flexibility index (Phi) is 6.72. The van der Waals surface area contributed by atoms with Crippen LogP contribution in [0.15, 0.2) is 18.2 Å². The standard InChI is InChI=1S/C16H21F3N2O3/c17-13-5-3-6-14(24-15(18)19)12(13)10-20-16(23)21-8-2-1-4-11(21)7-9-22/h3,5-6,11,15,22H,1-2,4,7-10H2,(H,20,23). The number of amides is 2. The minimum absolute atomic E-state index is 0.0197. The molecule has 5 nitrogen and oxygen atoms in total. The number of hydrogen-bond donors (Lipinski definition) is 2. The van der Waals surface area contributed by atoms with Gasteiger partial charge in [-0.3, -0.25) is 0 Å². The second-order valence-corrected chi connectivity index (χ2v) is 5.61. The van der Waals surface area contributed by atoms with Gasteiger partial charge in [-0.15, -0.1) is 0 Å². The molecule has 2 rings (SSSR count). The molecule has 1 aliphatic rings. The number of alkyl halides is 2. The summed E-state index contributed by atoms with van der Waals surface area (Å²) in [5.41, 5.74) is -0.123. The molecule has 2 N–H and O–H groups in total. The number of benzene rings is 1. The molecule has 1 aromatic rings. The van der Waals surface area contributed by atoms with Crippen LogP contribution in [0.4, 0.5) is 18.0 Å². The second-order valence-electron chi connectivity index (χ2n) is 5.61. The van der Waals surface area contributed by atoms with Crippen molar-refractivity contribution in [1.82, 2.24) is 10.2 Å². The minimum atomic E-state index is -3.07. The number of likely N-dealkylation sites (tertiary alicyclic amines) is 1. The smallest absolute Gasteiger partial charge is 0.387 e. The van der Waals surface area contributed by atoms with Crippen LogP contribution in [-0.2, 0) is 6.54 Å². The number of nitrogens with zero attached hydrogens (tertiary/aromatic N) is 1. The number of carbonyl (C=O) groups is 1. The van der Waals surface area contributed by atoms with E-state index >= 15 is 0 Å². The van der Waals surface area contributed by atoms with Gasteiger partial charge in [-0.05, 0) is 37.8 Å². The van der Waals surface area contributed by atoms with Gasteiger partial charge < -0.3 is 20.1 Å². The number of carbonyl (C=O) groups excluding carboxylic acids is 1. The lowest BCUT2D eigenvalue weighted by molar-refractivity contribution is -0.0506. The maximum Gasteiger partial charge on any atom is 0.387 e. The van der Waals surface area contributed by atoms with Crippen LogP contribution in [0, 0.1) is 5.82 Å². The van der Waals surface area contributed by atoms with Crippen molar-refractivity contribution in [3.05, 3.63) is 29.6 Å². The maximum absolute atomic E-state index is 13.9. The highest BCUT2D eigenvalue weighted by Gasteiger charge is 2.26. The molecular weight excluding hydrogens is 325 g/mol. The molecule has 1 aromatic carbocycles. The number of aliphatic hydroxyl groups is 1. The summed E-state index contributed by atoms with van der Waals surface area (Å²) in [7, 11) is 0. The van der Waals surface area contributed by atoms with Gasteiger partial charge in [-0.25, -0.2) is 9.18 Å². The number of rotatable bonds is 6. The Balaban J connectivity index is 2.03. The molecular formula is C16H21F3N2O3. The Bertz CT molecular complexity index is 555. The lowest BCUT2D eigenvalue weighted by Crippen LogP contribution is -2.48.